The lowest BCUT2D eigenvalue weighted by molar-refractivity contribution is -0.117. The molecule has 1 aliphatic heterocycles. The van der Waals surface area contributed by atoms with Crippen molar-refractivity contribution < 1.29 is 4.79 Å². The summed E-state index contributed by atoms with van der Waals surface area (Å²) in [5.41, 5.74) is 2.97. The van der Waals surface area contributed by atoms with Gasteiger partial charge < -0.3 is 9.88 Å². The van der Waals surface area contributed by atoms with E-state index in [9.17, 15) is 4.79 Å². The lowest BCUT2D eigenvalue weighted by atomic mass is 10.0. The number of benzene rings is 1. The molecular formula is C21H30N4O. The van der Waals surface area contributed by atoms with E-state index in [1.54, 1.807) is 0 Å². The van der Waals surface area contributed by atoms with Crippen LogP contribution >= 0.6 is 0 Å². The van der Waals surface area contributed by atoms with Gasteiger partial charge in [-0.3, -0.25) is 4.79 Å². The van der Waals surface area contributed by atoms with Crippen molar-refractivity contribution in [1.82, 2.24) is 14.8 Å². The van der Waals surface area contributed by atoms with E-state index in [1.807, 2.05) is 13.0 Å². The number of nitrogens with one attached hydrogen (secondary N) is 1. The number of nitrogens with zero attached hydrogens (tertiary/aromatic N) is 3. The first-order valence-electron chi connectivity index (χ1n) is 9.91. The second-order valence-electron chi connectivity index (χ2n) is 7.58. The number of amides is 1. The molecule has 5 heteroatoms. The number of hydrogen-bond donors (Lipinski definition) is 1. The Balaban J connectivity index is 1.80. The molecule has 0 saturated carbocycles. The van der Waals surface area contributed by atoms with Gasteiger partial charge in [0.25, 0.3) is 0 Å². The number of carbonyl (C=O) groups is 1. The van der Waals surface area contributed by atoms with Crippen molar-refractivity contribution in [2.24, 2.45) is 5.92 Å². The number of anilines is 1. The smallest absolute Gasteiger partial charge is 0.224 e. The van der Waals surface area contributed by atoms with Crippen LogP contribution in [-0.4, -0.2) is 20.7 Å². The fourth-order valence-corrected chi connectivity index (χ4v) is 3.71. The molecular weight excluding hydrogens is 324 g/mol. The number of carbonyl (C=O) groups excluding carboxylic acids is 1. The van der Waals surface area contributed by atoms with Crippen molar-refractivity contribution in [2.45, 2.75) is 72.3 Å². The van der Waals surface area contributed by atoms with Crippen LogP contribution in [0.1, 0.15) is 63.8 Å². The van der Waals surface area contributed by atoms with Crippen LogP contribution in [0, 0.1) is 12.8 Å². The van der Waals surface area contributed by atoms with Gasteiger partial charge in [0.2, 0.25) is 5.91 Å². The predicted octanol–water partition coefficient (Wildman–Crippen LogP) is 4.74. The van der Waals surface area contributed by atoms with Crippen LogP contribution in [0.5, 0.6) is 0 Å². The van der Waals surface area contributed by atoms with Crippen LogP contribution in [0.4, 0.5) is 5.69 Å². The minimum absolute atomic E-state index is 0.0891. The third-order valence-corrected chi connectivity index (χ3v) is 5.19. The number of rotatable bonds is 6. The van der Waals surface area contributed by atoms with Crippen LogP contribution in [0.2, 0.25) is 0 Å². The molecule has 2 heterocycles. The average Bonchev–Trinajstić information content (AvgIpc) is 2.85. The molecule has 5 nitrogen and oxygen atoms in total. The van der Waals surface area contributed by atoms with Gasteiger partial charge in [0.05, 0.1) is 0 Å². The minimum atomic E-state index is 0.0891. The number of aryl methyl sites for hydroxylation is 2. The van der Waals surface area contributed by atoms with Crippen LogP contribution in [-0.2, 0) is 17.8 Å². The largest absolute Gasteiger partial charge is 0.326 e. The molecule has 1 amide bonds. The first-order chi connectivity index (χ1) is 12.6. The summed E-state index contributed by atoms with van der Waals surface area (Å²) in [6.07, 6.45) is 7.36. The van der Waals surface area contributed by atoms with Gasteiger partial charge in [0.1, 0.15) is 5.82 Å². The molecule has 0 bridgehead atoms. The Labute approximate surface area is 156 Å². The molecule has 1 N–H and O–H groups in total. The van der Waals surface area contributed by atoms with E-state index >= 15 is 0 Å². The maximum Gasteiger partial charge on any atom is 0.224 e. The average molecular weight is 354 g/mol. The van der Waals surface area contributed by atoms with Crippen molar-refractivity contribution in [2.75, 3.05) is 5.32 Å². The molecule has 1 aromatic heterocycles. The van der Waals surface area contributed by atoms with Crippen molar-refractivity contribution in [3.8, 4) is 11.4 Å². The highest BCUT2D eigenvalue weighted by molar-refractivity contribution is 5.92. The number of fused-ring (bicyclic) bond motifs is 1. The SMILES string of the molecule is CCCC(C)CC(=O)Nc1cc(-c2nnc3n2CCCCC3)ccc1C. The van der Waals surface area contributed by atoms with Gasteiger partial charge in [-0.2, -0.15) is 0 Å². The molecule has 1 atom stereocenters. The molecule has 140 valence electrons. The summed E-state index contributed by atoms with van der Waals surface area (Å²) in [4.78, 5) is 12.4. The molecule has 0 aliphatic carbocycles. The van der Waals surface area contributed by atoms with E-state index in [0.29, 0.717) is 12.3 Å². The second kappa shape index (κ2) is 8.47. The Morgan fingerprint density at radius 1 is 1.27 bits per heavy atom. The Morgan fingerprint density at radius 2 is 2.12 bits per heavy atom. The molecule has 0 radical (unpaired) electrons. The highest BCUT2D eigenvalue weighted by Gasteiger charge is 2.17. The van der Waals surface area contributed by atoms with E-state index in [4.69, 9.17) is 0 Å². The zero-order valence-electron chi connectivity index (χ0n) is 16.2. The first-order valence-corrected chi connectivity index (χ1v) is 9.91. The number of aromatic nitrogens is 3. The second-order valence-corrected chi connectivity index (χ2v) is 7.58. The van der Waals surface area contributed by atoms with E-state index in [2.05, 4.69) is 46.1 Å². The molecule has 2 aromatic rings. The molecule has 0 fully saturated rings. The molecule has 1 aromatic carbocycles. The summed E-state index contributed by atoms with van der Waals surface area (Å²) in [5, 5.41) is 11.9. The fourth-order valence-electron chi connectivity index (χ4n) is 3.71. The zero-order valence-corrected chi connectivity index (χ0v) is 16.2. The van der Waals surface area contributed by atoms with Crippen molar-refractivity contribution in [3.05, 3.63) is 29.6 Å². The van der Waals surface area contributed by atoms with E-state index in [1.165, 1.54) is 19.3 Å². The van der Waals surface area contributed by atoms with Crippen molar-refractivity contribution >= 4 is 11.6 Å². The summed E-state index contributed by atoms with van der Waals surface area (Å²) >= 11 is 0. The molecule has 26 heavy (non-hydrogen) atoms. The van der Waals surface area contributed by atoms with Gasteiger partial charge in [-0.1, -0.05) is 45.2 Å². The predicted molar refractivity (Wildman–Crippen MR) is 105 cm³/mol. The molecule has 1 unspecified atom stereocenters. The maximum atomic E-state index is 12.4. The van der Waals surface area contributed by atoms with E-state index < -0.39 is 0 Å². The van der Waals surface area contributed by atoms with Gasteiger partial charge in [-0.25, -0.2) is 0 Å². The van der Waals surface area contributed by atoms with E-state index in [-0.39, 0.29) is 5.91 Å². The first kappa shape index (κ1) is 18.6. The maximum absolute atomic E-state index is 12.4. The molecule has 3 rings (SSSR count). The van der Waals surface area contributed by atoms with Crippen LogP contribution in [0.25, 0.3) is 11.4 Å². The third kappa shape index (κ3) is 4.32. The Bertz CT molecular complexity index is 765. The van der Waals surface area contributed by atoms with Crippen molar-refractivity contribution in [1.29, 1.82) is 0 Å². The van der Waals surface area contributed by atoms with E-state index in [0.717, 1.165) is 54.3 Å². The van der Waals surface area contributed by atoms with Gasteiger partial charge in [-0.05, 0) is 37.3 Å². The summed E-state index contributed by atoms with van der Waals surface area (Å²) in [6, 6.07) is 6.17. The minimum Gasteiger partial charge on any atom is -0.326 e. The molecule has 0 spiro atoms. The summed E-state index contributed by atoms with van der Waals surface area (Å²) in [6.45, 7) is 7.29. The highest BCUT2D eigenvalue weighted by Crippen LogP contribution is 2.27. The zero-order chi connectivity index (χ0) is 18.5. The van der Waals surface area contributed by atoms with Gasteiger partial charge in [0.15, 0.2) is 5.82 Å². The van der Waals surface area contributed by atoms with Crippen molar-refractivity contribution in [3.63, 3.8) is 0 Å². The Kier molecular flexibility index (Phi) is 6.07. The lowest BCUT2D eigenvalue weighted by Crippen LogP contribution is -2.16. The van der Waals surface area contributed by atoms with Crippen LogP contribution in [0.15, 0.2) is 18.2 Å². The summed E-state index contributed by atoms with van der Waals surface area (Å²) in [7, 11) is 0. The van der Waals surface area contributed by atoms with Crippen LogP contribution < -0.4 is 5.32 Å². The van der Waals surface area contributed by atoms with Crippen LogP contribution in [0.3, 0.4) is 0 Å². The highest BCUT2D eigenvalue weighted by atomic mass is 16.1. The molecule has 1 aliphatic rings. The van der Waals surface area contributed by atoms with Gasteiger partial charge >= 0.3 is 0 Å². The third-order valence-electron chi connectivity index (χ3n) is 5.19. The monoisotopic (exact) mass is 354 g/mol. The van der Waals surface area contributed by atoms with Gasteiger partial charge in [-0.15, -0.1) is 10.2 Å². The standard InChI is InChI=1S/C21H30N4O/c1-4-8-15(2)13-20(26)22-18-14-17(11-10-16(18)3)21-24-23-19-9-6-5-7-12-25(19)21/h10-11,14-15H,4-9,12-13H2,1-3H3,(H,22,26). The van der Waals surface area contributed by atoms with Gasteiger partial charge in [0, 0.05) is 30.6 Å². The number of hydrogen-bond acceptors (Lipinski definition) is 3. The quantitative estimate of drug-likeness (QED) is 0.815. The lowest BCUT2D eigenvalue weighted by Gasteiger charge is -2.14. The summed E-state index contributed by atoms with van der Waals surface area (Å²) in [5.74, 6) is 2.50. The normalized spacial score (nSPS) is 15.2. The topological polar surface area (TPSA) is 59.8 Å². The fraction of sp³-hybridized carbons (Fsp3) is 0.571. The Morgan fingerprint density at radius 3 is 2.92 bits per heavy atom. The Hall–Kier alpha value is -2.17. The molecule has 0 saturated heterocycles. The summed E-state index contributed by atoms with van der Waals surface area (Å²) < 4.78 is 2.24.